The lowest BCUT2D eigenvalue weighted by Gasteiger charge is -2.08. The third-order valence-electron chi connectivity index (χ3n) is 3.11. The number of benzene rings is 1. The van der Waals surface area contributed by atoms with Gasteiger partial charge in [0.25, 0.3) is 5.91 Å². The van der Waals surface area contributed by atoms with Crippen LogP contribution < -0.4 is 15.4 Å². The summed E-state index contributed by atoms with van der Waals surface area (Å²) in [6.07, 6.45) is 1.47. The van der Waals surface area contributed by atoms with Gasteiger partial charge in [0.1, 0.15) is 11.5 Å². The molecule has 0 saturated heterocycles. The van der Waals surface area contributed by atoms with Crippen molar-refractivity contribution in [3.63, 3.8) is 0 Å². The number of nitrogens with one attached hydrogen (secondary N) is 2. The summed E-state index contributed by atoms with van der Waals surface area (Å²) in [5, 5.41) is 5.03. The van der Waals surface area contributed by atoms with E-state index in [0.29, 0.717) is 16.5 Å². The molecule has 0 fully saturated rings. The normalized spacial score (nSPS) is 10.1. The van der Waals surface area contributed by atoms with Crippen LogP contribution in [0.15, 0.2) is 41.0 Å². The van der Waals surface area contributed by atoms with Crippen LogP contribution in [0.5, 0.6) is 5.75 Å². The molecule has 0 aliphatic carbocycles. The quantitative estimate of drug-likeness (QED) is 0.713. The molecule has 3 amide bonds. The van der Waals surface area contributed by atoms with E-state index >= 15 is 0 Å². The summed E-state index contributed by atoms with van der Waals surface area (Å²) in [5.74, 6) is -0.527. The molecule has 0 aliphatic heterocycles. The molecule has 2 N–H and O–H groups in total. The number of ether oxygens (including phenoxy) is 2. The van der Waals surface area contributed by atoms with Gasteiger partial charge in [-0.1, -0.05) is 11.6 Å². The Bertz CT molecular complexity index is 776. The molecule has 8 nitrogen and oxygen atoms in total. The average Bonchev–Trinajstić information content (AvgIpc) is 3.13. The number of hydrogen-bond acceptors (Lipinski definition) is 6. The van der Waals surface area contributed by atoms with Crippen molar-refractivity contribution >= 4 is 29.5 Å². The van der Waals surface area contributed by atoms with Gasteiger partial charge in [-0.05, 0) is 42.8 Å². The molecule has 0 saturated carbocycles. The van der Waals surface area contributed by atoms with E-state index in [4.69, 9.17) is 25.5 Å². The lowest BCUT2D eigenvalue weighted by atomic mass is 10.2. The van der Waals surface area contributed by atoms with E-state index in [9.17, 15) is 14.4 Å². The summed E-state index contributed by atoms with van der Waals surface area (Å²) in [6.45, 7) is 0.949. The fraction of sp³-hybridized carbons (Fsp3) is 0.235. The Kier molecular flexibility index (Phi) is 7.04. The van der Waals surface area contributed by atoms with Crippen molar-refractivity contribution in [1.29, 1.82) is 0 Å². The first-order valence-electron chi connectivity index (χ1n) is 7.58. The van der Waals surface area contributed by atoms with E-state index in [1.807, 2.05) is 5.32 Å². The van der Waals surface area contributed by atoms with Gasteiger partial charge in [0.05, 0.1) is 12.8 Å². The van der Waals surface area contributed by atoms with Gasteiger partial charge in [-0.25, -0.2) is 9.59 Å². The van der Waals surface area contributed by atoms with E-state index in [1.54, 1.807) is 37.3 Å². The van der Waals surface area contributed by atoms with E-state index in [0.717, 1.165) is 5.56 Å². The Morgan fingerprint density at radius 3 is 2.69 bits per heavy atom. The van der Waals surface area contributed by atoms with E-state index in [2.05, 4.69) is 5.32 Å². The predicted molar refractivity (Wildman–Crippen MR) is 91.7 cm³/mol. The zero-order chi connectivity index (χ0) is 18.9. The molecule has 0 radical (unpaired) electrons. The summed E-state index contributed by atoms with van der Waals surface area (Å²) >= 11 is 5.89. The van der Waals surface area contributed by atoms with Crippen LogP contribution in [0.2, 0.25) is 5.02 Å². The number of esters is 1. The number of urea groups is 1. The van der Waals surface area contributed by atoms with Gasteiger partial charge in [-0.3, -0.25) is 10.1 Å². The Hall–Kier alpha value is -3.00. The second-order valence-electron chi connectivity index (χ2n) is 5.17. The molecule has 0 aliphatic rings. The standard InChI is InChI=1S/C17H17ClN2O6/c1-11-7-12(4-5-14(11)18)25-10-16(22)26-9-15(21)20-17(23)19-8-13-3-2-6-24-13/h2-7H,8-10H2,1H3,(H2,19,20,21,23). The van der Waals surface area contributed by atoms with Crippen molar-refractivity contribution in [3.8, 4) is 5.75 Å². The SMILES string of the molecule is Cc1cc(OCC(=O)OCC(=O)NC(=O)NCc2ccco2)ccc1Cl. The van der Waals surface area contributed by atoms with Gasteiger partial charge in [-0.2, -0.15) is 0 Å². The number of amides is 3. The second-order valence-corrected chi connectivity index (χ2v) is 5.58. The number of carbonyl (C=O) groups excluding carboxylic acids is 3. The van der Waals surface area contributed by atoms with Crippen LogP contribution in [0.4, 0.5) is 4.79 Å². The molecule has 2 aromatic rings. The summed E-state index contributed by atoms with van der Waals surface area (Å²) in [6, 6.07) is 7.55. The maximum atomic E-state index is 11.6. The lowest BCUT2D eigenvalue weighted by Crippen LogP contribution is -2.41. The highest BCUT2D eigenvalue weighted by atomic mass is 35.5. The summed E-state index contributed by atoms with van der Waals surface area (Å²) in [5.41, 5.74) is 0.803. The van der Waals surface area contributed by atoms with Crippen molar-refractivity contribution in [3.05, 3.63) is 52.9 Å². The fourth-order valence-corrected chi connectivity index (χ4v) is 1.94. The minimum Gasteiger partial charge on any atom is -0.482 e. The maximum Gasteiger partial charge on any atom is 0.344 e. The summed E-state index contributed by atoms with van der Waals surface area (Å²) < 4.78 is 15.0. The molecular weight excluding hydrogens is 364 g/mol. The largest absolute Gasteiger partial charge is 0.482 e. The van der Waals surface area contributed by atoms with Gasteiger partial charge in [0.2, 0.25) is 0 Å². The van der Waals surface area contributed by atoms with Crippen LogP contribution in [0, 0.1) is 6.92 Å². The molecule has 138 valence electrons. The van der Waals surface area contributed by atoms with Crippen LogP contribution in [0.3, 0.4) is 0 Å². The van der Waals surface area contributed by atoms with E-state index in [1.165, 1.54) is 6.26 Å². The minimum atomic E-state index is -0.766. The molecule has 1 aromatic heterocycles. The Morgan fingerprint density at radius 2 is 2.00 bits per heavy atom. The zero-order valence-electron chi connectivity index (χ0n) is 13.9. The van der Waals surface area contributed by atoms with Gasteiger partial charge in [0, 0.05) is 5.02 Å². The average molecular weight is 381 g/mol. The van der Waals surface area contributed by atoms with Crippen LogP contribution >= 0.6 is 11.6 Å². The highest BCUT2D eigenvalue weighted by Gasteiger charge is 2.12. The fourth-order valence-electron chi connectivity index (χ4n) is 1.82. The van der Waals surface area contributed by atoms with Crippen LogP contribution in [0.25, 0.3) is 0 Å². The van der Waals surface area contributed by atoms with Gasteiger partial charge >= 0.3 is 12.0 Å². The second kappa shape index (κ2) is 9.47. The third-order valence-corrected chi connectivity index (χ3v) is 3.53. The molecule has 0 bridgehead atoms. The van der Waals surface area contributed by atoms with E-state index in [-0.39, 0.29) is 13.2 Å². The molecule has 0 atom stereocenters. The minimum absolute atomic E-state index is 0.125. The number of furan rings is 1. The summed E-state index contributed by atoms with van der Waals surface area (Å²) in [7, 11) is 0. The Balaban J connectivity index is 1.63. The van der Waals surface area contributed by atoms with Crippen LogP contribution in [0.1, 0.15) is 11.3 Å². The number of hydrogen-bond donors (Lipinski definition) is 2. The number of imide groups is 1. The number of carbonyl (C=O) groups is 3. The lowest BCUT2D eigenvalue weighted by molar-refractivity contribution is -0.150. The van der Waals surface area contributed by atoms with Crippen molar-refractivity contribution in [2.24, 2.45) is 0 Å². The highest BCUT2D eigenvalue weighted by Crippen LogP contribution is 2.20. The highest BCUT2D eigenvalue weighted by molar-refractivity contribution is 6.31. The molecule has 1 heterocycles. The van der Waals surface area contributed by atoms with Crippen molar-refractivity contribution in [2.45, 2.75) is 13.5 Å². The number of aryl methyl sites for hydroxylation is 1. The monoisotopic (exact) mass is 380 g/mol. The maximum absolute atomic E-state index is 11.6. The first kappa shape index (κ1) is 19.3. The molecule has 9 heteroatoms. The van der Waals surface area contributed by atoms with Gasteiger partial charge < -0.3 is 19.2 Å². The first-order valence-corrected chi connectivity index (χ1v) is 7.96. The molecule has 0 spiro atoms. The molecule has 26 heavy (non-hydrogen) atoms. The Morgan fingerprint density at radius 1 is 1.19 bits per heavy atom. The molecule has 2 rings (SSSR count). The van der Waals surface area contributed by atoms with Crippen LogP contribution in [-0.2, 0) is 20.9 Å². The molecule has 0 unspecified atom stereocenters. The smallest absolute Gasteiger partial charge is 0.344 e. The van der Waals surface area contributed by atoms with Crippen molar-refractivity contribution in [2.75, 3.05) is 13.2 Å². The Labute approximate surface area is 154 Å². The molecule has 1 aromatic carbocycles. The number of rotatable bonds is 7. The third kappa shape index (κ3) is 6.48. The van der Waals surface area contributed by atoms with Crippen molar-refractivity contribution in [1.82, 2.24) is 10.6 Å². The summed E-state index contributed by atoms with van der Waals surface area (Å²) in [4.78, 5) is 34.6. The number of halogens is 1. The first-order chi connectivity index (χ1) is 12.4. The topological polar surface area (TPSA) is 107 Å². The molecular formula is C17H17ClN2O6. The predicted octanol–water partition coefficient (Wildman–Crippen LogP) is 2.19. The van der Waals surface area contributed by atoms with Crippen molar-refractivity contribution < 1.29 is 28.3 Å². The van der Waals surface area contributed by atoms with E-state index < -0.39 is 24.5 Å². The zero-order valence-corrected chi connectivity index (χ0v) is 14.7. The van der Waals surface area contributed by atoms with Gasteiger partial charge in [-0.15, -0.1) is 0 Å². The van der Waals surface area contributed by atoms with Gasteiger partial charge in [0.15, 0.2) is 13.2 Å². The van der Waals surface area contributed by atoms with Crippen LogP contribution in [-0.4, -0.2) is 31.1 Å².